The van der Waals surface area contributed by atoms with Crippen LogP contribution in [-0.4, -0.2) is 16.1 Å². The molecule has 4 nitrogen and oxygen atoms in total. The highest BCUT2D eigenvalue weighted by molar-refractivity contribution is 7.10. The molecule has 0 aromatic carbocycles. The molecule has 0 fully saturated rings. The van der Waals surface area contributed by atoms with Crippen LogP contribution in [0.15, 0.2) is 23.6 Å². The van der Waals surface area contributed by atoms with E-state index < -0.39 is 5.97 Å². The van der Waals surface area contributed by atoms with Gasteiger partial charge in [-0.05, 0) is 36.1 Å². The highest BCUT2D eigenvalue weighted by atomic mass is 35.5. The van der Waals surface area contributed by atoms with E-state index in [1.165, 1.54) is 22.6 Å². The quantitative estimate of drug-likeness (QED) is 0.844. The first-order valence-electron chi connectivity index (χ1n) is 5.24. The van der Waals surface area contributed by atoms with E-state index >= 15 is 0 Å². The molecular weight excluding hydrogens is 272 g/mol. The van der Waals surface area contributed by atoms with Crippen molar-refractivity contribution in [2.24, 2.45) is 0 Å². The number of aromatic carboxylic acids is 1. The van der Waals surface area contributed by atoms with Crippen LogP contribution in [0, 0.1) is 6.92 Å². The maximum absolute atomic E-state index is 10.9. The van der Waals surface area contributed by atoms with Gasteiger partial charge in [-0.2, -0.15) is 0 Å². The largest absolute Gasteiger partial charge is 0.478 e. The van der Waals surface area contributed by atoms with E-state index in [4.69, 9.17) is 16.7 Å². The average molecular weight is 283 g/mol. The van der Waals surface area contributed by atoms with Gasteiger partial charge in [0.25, 0.3) is 0 Å². The zero-order valence-corrected chi connectivity index (χ0v) is 11.2. The van der Waals surface area contributed by atoms with Gasteiger partial charge in [0.15, 0.2) is 0 Å². The first-order valence-corrected chi connectivity index (χ1v) is 6.50. The number of pyridine rings is 1. The molecule has 0 aliphatic rings. The molecule has 0 saturated heterocycles. The number of carboxylic acids is 1. The third kappa shape index (κ3) is 3.00. The SMILES string of the molecule is Cc1ccsc1CNc1cc(C(=O)O)cc(Cl)n1. The number of aryl methyl sites for hydroxylation is 1. The zero-order chi connectivity index (χ0) is 13.1. The molecule has 2 heterocycles. The fourth-order valence-corrected chi connectivity index (χ4v) is 2.52. The molecule has 2 aromatic heterocycles. The summed E-state index contributed by atoms with van der Waals surface area (Å²) < 4.78 is 0. The van der Waals surface area contributed by atoms with Crippen molar-refractivity contribution in [2.45, 2.75) is 13.5 Å². The maximum Gasteiger partial charge on any atom is 0.335 e. The Hall–Kier alpha value is -1.59. The second kappa shape index (κ2) is 5.37. The van der Waals surface area contributed by atoms with Crippen molar-refractivity contribution in [3.8, 4) is 0 Å². The standard InChI is InChI=1S/C12H11ClN2O2S/c1-7-2-3-18-9(7)6-14-11-5-8(12(16)17)4-10(13)15-11/h2-5H,6H2,1H3,(H,14,15)(H,16,17). The summed E-state index contributed by atoms with van der Waals surface area (Å²) in [5.41, 5.74) is 1.33. The van der Waals surface area contributed by atoms with E-state index in [-0.39, 0.29) is 10.7 Å². The van der Waals surface area contributed by atoms with Gasteiger partial charge in [0, 0.05) is 4.88 Å². The molecular formula is C12H11ClN2O2S. The Kier molecular flexibility index (Phi) is 3.84. The van der Waals surface area contributed by atoms with Crippen LogP contribution in [-0.2, 0) is 6.54 Å². The monoisotopic (exact) mass is 282 g/mol. The van der Waals surface area contributed by atoms with Gasteiger partial charge in [-0.3, -0.25) is 0 Å². The number of carbonyl (C=O) groups is 1. The van der Waals surface area contributed by atoms with E-state index in [0.29, 0.717) is 12.4 Å². The molecule has 94 valence electrons. The lowest BCUT2D eigenvalue weighted by molar-refractivity contribution is 0.0697. The molecule has 0 amide bonds. The predicted octanol–water partition coefficient (Wildman–Crippen LogP) is 3.42. The predicted molar refractivity (Wildman–Crippen MR) is 72.6 cm³/mol. The number of hydrogen-bond donors (Lipinski definition) is 2. The van der Waals surface area contributed by atoms with Crippen molar-refractivity contribution in [1.29, 1.82) is 0 Å². The molecule has 2 N–H and O–H groups in total. The minimum absolute atomic E-state index is 0.125. The normalized spacial score (nSPS) is 10.3. The maximum atomic E-state index is 10.9. The number of thiophene rings is 1. The summed E-state index contributed by atoms with van der Waals surface area (Å²) in [5.74, 6) is -0.553. The molecule has 18 heavy (non-hydrogen) atoms. The van der Waals surface area contributed by atoms with Crippen molar-refractivity contribution in [2.75, 3.05) is 5.32 Å². The first-order chi connectivity index (χ1) is 8.56. The van der Waals surface area contributed by atoms with Gasteiger partial charge in [0.2, 0.25) is 0 Å². The molecule has 0 aliphatic heterocycles. The van der Waals surface area contributed by atoms with Gasteiger partial charge in [-0.1, -0.05) is 11.6 Å². The molecule has 2 rings (SSSR count). The molecule has 2 aromatic rings. The number of hydrogen-bond acceptors (Lipinski definition) is 4. The van der Waals surface area contributed by atoms with Gasteiger partial charge in [0.05, 0.1) is 12.1 Å². The van der Waals surface area contributed by atoms with Gasteiger partial charge in [-0.15, -0.1) is 11.3 Å². The molecule has 0 saturated carbocycles. The lowest BCUT2D eigenvalue weighted by Crippen LogP contribution is -2.04. The number of rotatable bonds is 4. The summed E-state index contributed by atoms with van der Waals surface area (Å²) in [4.78, 5) is 16.1. The summed E-state index contributed by atoms with van der Waals surface area (Å²) in [6.07, 6.45) is 0. The lowest BCUT2D eigenvalue weighted by Gasteiger charge is -2.06. The van der Waals surface area contributed by atoms with E-state index in [9.17, 15) is 4.79 Å². The third-order valence-corrected chi connectivity index (χ3v) is 3.66. The molecule has 0 bridgehead atoms. The van der Waals surface area contributed by atoms with Crippen molar-refractivity contribution < 1.29 is 9.90 Å². The van der Waals surface area contributed by atoms with Crippen LogP contribution in [0.25, 0.3) is 0 Å². The molecule has 6 heteroatoms. The topological polar surface area (TPSA) is 62.2 Å². The highest BCUT2D eigenvalue weighted by Crippen LogP contribution is 2.19. The van der Waals surface area contributed by atoms with Gasteiger partial charge in [0.1, 0.15) is 11.0 Å². The minimum Gasteiger partial charge on any atom is -0.478 e. The Morgan fingerprint density at radius 3 is 2.94 bits per heavy atom. The summed E-state index contributed by atoms with van der Waals surface area (Å²) >= 11 is 7.42. The fraction of sp³-hybridized carbons (Fsp3) is 0.167. The van der Waals surface area contributed by atoms with Crippen LogP contribution in [0.1, 0.15) is 20.8 Å². The van der Waals surface area contributed by atoms with Crippen molar-refractivity contribution in [3.05, 3.63) is 44.7 Å². The molecule has 0 atom stereocenters. The number of nitrogens with one attached hydrogen (secondary N) is 1. The Morgan fingerprint density at radius 2 is 2.33 bits per heavy atom. The Labute approximate surface area is 113 Å². The van der Waals surface area contributed by atoms with Crippen LogP contribution in [0.2, 0.25) is 5.15 Å². The van der Waals surface area contributed by atoms with E-state index in [1.54, 1.807) is 11.3 Å². The number of aromatic nitrogens is 1. The van der Waals surface area contributed by atoms with Crippen molar-refractivity contribution in [1.82, 2.24) is 4.98 Å². The van der Waals surface area contributed by atoms with Gasteiger partial charge in [-0.25, -0.2) is 9.78 Å². The Balaban J connectivity index is 2.14. The smallest absolute Gasteiger partial charge is 0.335 e. The van der Waals surface area contributed by atoms with Crippen LogP contribution in [0.3, 0.4) is 0 Å². The number of nitrogens with zero attached hydrogens (tertiary/aromatic N) is 1. The van der Waals surface area contributed by atoms with Crippen molar-refractivity contribution in [3.63, 3.8) is 0 Å². The summed E-state index contributed by atoms with van der Waals surface area (Å²) in [6, 6.07) is 4.83. The van der Waals surface area contributed by atoms with Crippen LogP contribution in [0.5, 0.6) is 0 Å². The average Bonchev–Trinajstić information content (AvgIpc) is 2.71. The molecule has 0 aliphatic carbocycles. The lowest BCUT2D eigenvalue weighted by atomic mass is 10.2. The molecule has 0 unspecified atom stereocenters. The Morgan fingerprint density at radius 1 is 1.56 bits per heavy atom. The highest BCUT2D eigenvalue weighted by Gasteiger charge is 2.08. The minimum atomic E-state index is -1.02. The van der Waals surface area contributed by atoms with Gasteiger partial charge < -0.3 is 10.4 Å². The van der Waals surface area contributed by atoms with Crippen LogP contribution >= 0.6 is 22.9 Å². The fourth-order valence-electron chi connectivity index (χ4n) is 1.47. The van der Waals surface area contributed by atoms with Crippen LogP contribution < -0.4 is 5.32 Å². The van der Waals surface area contributed by atoms with E-state index in [0.717, 1.165) is 0 Å². The molecule has 0 spiro atoms. The van der Waals surface area contributed by atoms with Crippen molar-refractivity contribution >= 4 is 34.7 Å². The first kappa shape index (κ1) is 12.9. The number of carboxylic acid groups (broad SMARTS) is 1. The molecule has 0 radical (unpaired) electrons. The number of anilines is 1. The van der Waals surface area contributed by atoms with E-state index in [2.05, 4.69) is 10.3 Å². The number of halogens is 1. The summed E-state index contributed by atoms with van der Waals surface area (Å²) in [7, 11) is 0. The van der Waals surface area contributed by atoms with E-state index in [1.807, 2.05) is 18.4 Å². The second-order valence-corrected chi connectivity index (χ2v) is 5.14. The second-order valence-electron chi connectivity index (χ2n) is 3.75. The Bertz CT molecular complexity index is 583. The summed E-state index contributed by atoms with van der Waals surface area (Å²) in [5, 5.41) is 14.2. The van der Waals surface area contributed by atoms with Gasteiger partial charge >= 0.3 is 5.97 Å². The zero-order valence-electron chi connectivity index (χ0n) is 9.61. The summed E-state index contributed by atoms with van der Waals surface area (Å²) in [6.45, 7) is 2.64. The van der Waals surface area contributed by atoms with Crippen LogP contribution in [0.4, 0.5) is 5.82 Å². The third-order valence-electron chi connectivity index (χ3n) is 2.44.